The molecule has 1 saturated heterocycles. The van der Waals surface area contributed by atoms with E-state index in [1.807, 2.05) is 29.2 Å². The van der Waals surface area contributed by atoms with Gasteiger partial charge in [-0.15, -0.1) is 0 Å². The third-order valence-electron chi connectivity index (χ3n) is 5.57. The summed E-state index contributed by atoms with van der Waals surface area (Å²) >= 11 is 0. The van der Waals surface area contributed by atoms with Gasteiger partial charge in [0.15, 0.2) is 5.78 Å². The quantitative estimate of drug-likeness (QED) is 0.575. The number of carbonyl (C=O) groups is 2. The Morgan fingerprint density at radius 2 is 1.69 bits per heavy atom. The highest BCUT2D eigenvalue weighted by Crippen LogP contribution is 2.27. The van der Waals surface area contributed by atoms with Crippen molar-refractivity contribution < 1.29 is 14.3 Å². The number of para-hydroxylation sites is 1. The van der Waals surface area contributed by atoms with Gasteiger partial charge in [-0.2, -0.15) is 5.10 Å². The average molecular weight is 431 g/mol. The van der Waals surface area contributed by atoms with Crippen LogP contribution in [-0.4, -0.2) is 46.6 Å². The summed E-state index contributed by atoms with van der Waals surface area (Å²) in [5.41, 5.74) is 2.38. The van der Waals surface area contributed by atoms with E-state index in [4.69, 9.17) is 4.74 Å². The third-order valence-corrected chi connectivity index (χ3v) is 5.57. The fourth-order valence-corrected chi connectivity index (χ4v) is 3.88. The Morgan fingerprint density at radius 3 is 2.41 bits per heavy atom. The zero-order valence-corrected chi connectivity index (χ0v) is 18.0. The molecule has 1 aliphatic heterocycles. The molecule has 7 heteroatoms. The Labute approximate surface area is 186 Å². The van der Waals surface area contributed by atoms with Crippen molar-refractivity contribution in [1.82, 2.24) is 14.7 Å². The van der Waals surface area contributed by atoms with E-state index >= 15 is 0 Å². The van der Waals surface area contributed by atoms with Crippen molar-refractivity contribution in [1.29, 1.82) is 0 Å². The number of Topliss-reactive ketones (excluding diaryl/α,β-unsaturated/α-hetero) is 1. The minimum Gasteiger partial charge on any atom is -0.496 e. The average Bonchev–Trinajstić information content (AvgIpc) is 3.35. The summed E-state index contributed by atoms with van der Waals surface area (Å²) in [6.07, 6.45) is 2.25. The molecule has 0 unspecified atom stereocenters. The molecule has 3 aromatic rings. The van der Waals surface area contributed by atoms with Crippen LogP contribution in [0, 0.1) is 0 Å². The van der Waals surface area contributed by atoms with Crippen LogP contribution in [0.4, 0.5) is 0 Å². The predicted octanol–water partition coefficient (Wildman–Crippen LogP) is 2.97. The monoisotopic (exact) mass is 431 g/mol. The molecular weight excluding hydrogens is 406 g/mol. The van der Waals surface area contributed by atoms with Crippen molar-refractivity contribution in [2.24, 2.45) is 0 Å². The molecule has 32 heavy (non-hydrogen) atoms. The van der Waals surface area contributed by atoms with Gasteiger partial charge >= 0.3 is 0 Å². The van der Waals surface area contributed by atoms with E-state index in [9.17, 15) is 14.4 Å². The lowest BCUT2D eigenvalue weighted by Crippen LogP contribution is -2.27. The lowest BCUT2D eigenvalue weighted by Gasteiger charge is -2.15. The second-order valence-corrected chi connectivity index (χ2v) is 7.83. The van der Waals surface area contributed by atoms with Crippen LogP contribution in [0.2, 0.25) is 0 Å². The molecule has 0 saturated carbocycles. The van der Waals surface area contributed by atoms with Gasteiger partial charge in [0.1, 0.15) is 12.3 Å². The Morgan fingerprint density at radius 1 is 0.969 bits per heavy atom. The molecule has 2 aromatic carbocycles. The summed E-state index contributed by atoms with van der Waals surface area (Å²) in [6.45, 7) is 1.47. The Balaban J connectivity index is 1.45. The number of nitrogens with zero attached hydrogens (tertiary/aromatic N) is 3. The van der Waals surface area contributed by atoms with Crippen LogP contribution in [0.15, 0.2) is 65.5 Å². The van der Waals surface area contributed by atoms with E-state index in [1.165, 1.54) is 10.7 Å². The smallest absolute Gasteiger partial charge is 0.267 e. The third kappa shape index (κ3) is 4.77. The topological polar surface area (TPSA) is 81.5 Å². The van der Waals surface area contributed by atoms with Crippen LogP contribution < -0.4 is 10.3 Å². The molecule has 1 amide bonds. The van der Waals surface area contributed by atoms with Crippen LogP contribution >= 0.6 is 0 Å². The Hall–Kier alpha value is -3.74. The number of hydrogen-bond donors (Lipinski definition) is 0. The Bertz CT molecular complexity index is 1180. The maximum absolute atomic E-state index is 12.6. The molecule has 0 aliphatic carbocycles. The number of benzene rings is 2. The number of likely N-dealkylation sites (tertiary alicyclic amines) is 1. The lowest BCUT2D eigenvalue weighted by atomic mass is 10.1. The van der Waals surface area contributed by atoms with Crippen LogP contribution in [-0.2, 0) is 17.8 Å². The highest BCUT2D eigenvalue weighted by atomic mass is 16.5. The molecule has 0 radical (unpaired) electrons. The number of ketones is 1. The summed E-state index contributed by atoms with van der Waals surface area (Å²) in [5, 5.41) is 4.37. The molecule has 1 fully saturated rings. The van der Waals surface area contributed by atoms with Gasteiger partial charge in [0.25, 0.3) is 11.5 Å². The first kappa shape index (κ1) is 21.5. The summed E-state index contributed by atoms with van der Waals surface area (Å²) < 4.78 is 6.54. The molecule has 7 nitrogen and oxygen atoms in total. The number of ether oxygens (including phenoxy) is 1. The molecule has 4 rings (SSSR count). The van der Waals surface area contributed by atoms with Crippen LogP contribution in [0.3, 0.4) is 0 Å². The van der Waals surface area contributed by atoms with E-state index in [-0.39, 0.29) is 30.2 Å². The minimum absolute atomic E-state index is 0.0317. The lowest BCUT2D eigenvalue weighted by molar-refractivity contribution is -0.119. The van der Waals surface area contributed by atoms with Crippen molar-refractivity contribution >= 4 is 11.7 Å². The Kier molecular flexibility index (Phi) is 6.44. The predicted molar refractivity (Wildman–Crippen MR) is 121 cm³/mol. The number of aromatic nitrogens is 2. The van der Waals surface area contributed by atoms with E-state index < -0.39 is 0 Å². The fraction of sp³-hybridized carbons (Fsp3) is 0.280. The highest BCUT2D eigenvalue weighted by molar-refractivity contribution is 5.94. The number of methoxy groups -OCH3 is 1. The molecule has 1 aromatic heterocycles. The fourth-order valence-electron chi connectivity index (χ4n) is 3.88. The summed E-state index contributed by atoms with van der Waals surface area (Å²) in [5.74, 6) is 0.528. The molecule has 0 atom stereocenters. The maximum Gasteiger partial charge on any atom is 0.267 e. The molecule has 164 valence electrons. The first-order valence-corrected chi connectivity index (χ1v) is 10.7. The molecule has 0 N–H and O–H groups in total. The van der Waals surface area contributed by atoms with Crippen molar-refractivity contribution in [2.45, 2.75) is 25.8 Å². The van der Waals surface area contributed by atoms with Gasteiger partial charge in [-0.25, -0.2) is 4.68 Å². The number of hydrogen-bond acceptors (Lipinski definition) is 5. The van der Waals surface area contributed by atoms with Crippen molar-refractivity contribution in [3.63, 3.8) is 0 Å². The van der Waals surface area contributed by atoms with Gasteiger partial charge in [-0.3, -0.25) is 14.4 Å². The second-order valence-electron chi connectivity index (χ2n) is 7.83. The summed E-state index contributed by atoms with van der Waals surface area (Å²) in [6, 6.07) is 17.5. The normalized spacial score (nSPS) is 13.2. The molecule has 1 aliphatic rings. The van der Waals surface area contributed by atoms with Gasteiger partial charge in [0.05, 0.1) is 12.8 Å². The van der Waals surface area contributed by atoms with Crippen molar-refractivity contribution in [3.05, 3.63) is 82.1 Å². The zero-order valence-electron chi connectivity index (χ0n) is 18.0. The van der Waals surface area contributed by atoms with Gasteiger partial charge in [0.2, 0.25) is 0 Å². The minimum atomic E-state index is -0.344. The largest absolute Gasteiger partial charge is 0.496 e. The SMILES string of the molecule is COc1ccccc1-c1ccc(=O)n(CC(=O)Cc2ccc(C(=O)N3CCCC3)cc2)n1. The van der Waals surface area contributed by atoms with Crippen LogP contribution in [0.1, 0.15) is 28.8 Å². The maximum atomic E-state index is 12.6. The number of rotatable bonds is 7. The van der Waals surface area contributed by atoms with E-state index in [0.29, 0.717) is 17.0 Å². The zero-order chi connectivity index (χ0) is 22.5. The van der Waals surface area contributed by atoms with E-state index in [2.05, 4.69) is 5.10 Å². The molecule has 2 heterocycles. The van der Waals surface area contributed by atoms with Crippen LogP contribution in [0.5, 0.6) is 5.75 Å². The molecule has 0 bridgehead atoms. The summed E-state index contributed by atoms with van der Waals surface area (Å²) in [4.78, 5) is 39.2. The van der Waals surface area contributed by atoms with Crippen LogP contribution in [0.25, 0.3) is 11.3 Å². The molecular formula is C25H25N3O4. The van der Waals surface area contributed by atoms with Gasteiger partial charge in [-0.05, 0) is 48.7 Å². The summed E-state index contributed by atoms with van der Waals surface area (Å²) in [7, 11) is 1.57. The highest BCUT2D eigenvalue weighted by Gasteiger charge is 2.19. The van der Waals surface area contributed by atoms with E-state index in [0.717, 1.165) is 37.1 Å². The van der Waals surface area contributed by atoms with Gasteiger partial charge < -0.3 is 9.64 Å². The van der Waals surface area contributed by atoms with E-state index in [1.54, 1.807) is 37.4 Å². The van der Waals surface area contributed by atoms with Crippen molar-refractivity contribution in [2.75, 3.05) is 20.2 Å². The second kappa shape index (κ2) is 9.60. The van der Waals surface area contributed by atoms with Crippen molar-refractivity contribution in [3.8, 4) is 17.0 Å². The van der Waals surface area contributed by atoms with Gasteiger partial charge in [0, 0.05) is 36.7 Å². The van der Waals surface area contributed by atoms with Gasteiger partial charge in [-0.1, -0.05) is 24.3 Å². The first-order valence-electron chi connectivity index (χ1n) is 10.7. The molecule has 0 spiro atoms. The number of amides is 1. The number of carbonyl (C=O) groups excluding carboxylic acids is 2. The first-order chi connectivity index (χ1) is 15.5. The standard InChI is InChI=1S/C25H25N3O4/c1-32-23-7-3-2-6-21(23)22-12-13-24(30)28(26-22)17-20(29)16-18-8-10-19(11-9-18)25(31)27-14-4-5-15-27/h2-3,6-13H,4-5,14-17H2,1H3.